The molecule has 0 spiro atoms. The van der Waals surface area contributed by atoms with Gasteiger partial charge in [-0.25, -0.2) is 0 Å². The molecule has 100 valence electrons. The molecule has 3 nitrogen and oxygen atoms in total. The summed E-state index contributed by atoms with van der Waals surface area (Å²) in [5.41, 5.74) is 0. The number of nitrogens with one attached hydrogen (secondary N) is 2. The van der Waals surface area contributed by atoms with Crippen LogP contribution < -0.4 is 10.6 Å². The van der Waals surface area contributed by atoms with Gasteiger partial charge in [0.2, 0.25) is 0 Å². The van der Waals surface area contributed by atoms with Crippen molar-refractivity contribution in [3.8, 4) is 0 Å². The maximum absolute atomic E-state index is 3.52. The average Bonchev–Trinajstić information content (AvgIpc) is 2.45. The van der Waals surface area contributed by atoms with Gasteiger partial charge in [0.15, 0.2) is 0 Å². The largest absolute Gasteiger partial charge is 0.315 e. The third-order valence-electron chi connectivity index (χ3n) is 3.11. The fourth-order valence-corrected chi connectivity index (χ4v) is 2.89. The smallest absolute Gasteiger partial charge is 0.0108 e. The topological polar surface area (TPSA) is 27.3 Å². The van der Waals surface area contributed by atoms with Crippen molar-refractivity contribution in [2.24, 2.45) is 0 Å². The molecule has 4 heteroatoms. The van der Waals surface area contributed by atoms with Crippen molar-refractivity contribution in [1.82, 2.24) is 15.5 Å². The van der Waals surface area contributed by atoms with Crippen LogP contribution in [0.25, 0.3) is 0 Å². The zero-order chi connectivity index (χ0) is 12.5. The van der Waals surface area contributed by atoms with Crippen LogP contribution in [0.2, 0.25) is 0 Å². The lowest BCUT2D eigenvalue weighted by atomic mass is 10.3. The molecular weight excluding hydrogens is 242 g/mol. The van der Waals surface area contributed by atoms with E-state index in [1.165, 1.54) is 24.5 Å². The van der Waals surface area contributed by atoms with Gasteiger partial charge in [-0.05, 0) is 12.1 Å². The molecule has 0 amide bonds. The summed E-state index contributed by atoms with van der Waals surface area (Å²) in [6, 6.07) is 10.6. The molecule has 1 aliphatic rings. The Morgan fingerprint density at radius 3 is 2.67 bits per heavy atom. The van der Waals surface area contributed by atoms with E-state index < -0.39 is 0 Å². The van der Waals surface area contributed by atoms with E-state index in [0.29, 0.717) is 0 Å². The Kier molecular flexibility index (Phi) is 6.58. The Morgan fingerprint density at radius 1 is 1.11 bits per heavy atom. The highest BCUT2D eigenvalue weighted by atomic mass is 32.2. The number of hydrogen-bond donors (Lipinski definition) is 2. The first-order chi connectivity index (χ1) is 8.95. The predicted molar refractivity (Wildman–Crippen MR) is 79.3 cm³/mol. The summed E-state index contributed by atoms with van der Waals surface area (Å²) in [5.74, 6) is 1.14. The molecule has 18 heavy (non-hydrogen) atoms. The number of benzene rings is 1. The standard InChI is InChI=1S/C14H23N3S/c1-2-4-14(5-3-1)18-13-9-16-8-12-17-10-6-15-7-11-17/h1-5,15-16H,6-13H2. The van der Waals surface area contributed by atoms with Crippen LogP contribution in [0.15, 0.2) is 35.2 Å². The van der Waals surface area contributed by atoms with Gasteiger partial charge in [0, 0.05) is 56.5 Å². The molecule has 1 saturated heterocycles. The molecule has 0 atom stereocenters. The quantitative estimate of drug-likeness (QED) is 0.573. The summed E-state index contributed by atoms with van der Waals surface area (Å²) >= 11 is 1.92. The Labute approximate surface area is 114 Å². The molecule has 1 fully saturated rings. The SMILES string of the molecule is c1ccc(SCCNCCN2CCNCC2)cc1. The molecule has 0 bridgehead atoms. The van der Waals surface area contributed by atoms with Crippen LogP contribution in [0.4, 0.5) is 0 Å². The summed E-state index contributed by atoms with van der Waals surface area (Å²) in [6.45, 7) is 8.05. The first kappa shape index (κ1) is 13.9. The molecule has 2 rings (SSSR count). The van der Waals surface area contributed by atoms with Crippen molar-refractivity contribution in [3.05, 3.63) is 30.3 Å². The molecule has 1 aromatic rings. The zero-order valence-electron chi connectivity index (χ0n) is 10.9. The monoisotopic (exact) mass is 265 g/mol. The van der Waals surface area contributed by atoms with Crippen LogP contribution in [0.5, 0.6) is 0 Å². The van der Waals surface area contributed by atoms with Gasteiger partial charge in [-0.1, -0.05) is 18.2 Å². The molecular formula is C14H23N3S. The Bertz CT molecular complexity index is 312. The summed E-state index contributed by atoms with van der Waals surface area (Å²) < 4.78 is 0. The number of hydrogen-bond acceptors (Lipinski definition) is 4. The van der Waals surface area contributed by atoms with Crippen molar-refractivity contribution in [3.63, 3.8) is 0 Å². The van der Waals surface area contributed by atoms with Crippen molar-refractivity contribution in [2.75, 3.05) is 51.6 Å². The molecule has 1 heterocycles. The predicted octanol–water partition coefficient (Wildman–Crippen LogP) is 1.27. The highest BCUT2D eigenvalue weighted by Gasteiger charge is 2.07. The van der Waals surface area contributed by atoms with Crippen LogP contribution in [0.1, 0.15) is 0 Å². The van der Waals surface area contributed by atoms with Gasteiger partial charge in [-0.15, -0.1) is 11.8 Å². The van der Waals surface area contributed by atoms with Gasteiger partial charge in [0.05, 0.1) is 0 Å². The van der Waals surface area contributed by atoms with E-state index in [2.05, 4.69) is 45.9 Å². The van der Waals surface area contributed by atoms with E-state index in [-0.39, 0.29) is 0 Å². The van der Waals surface area contributed by atoms with Gasteiger partial charge < -0.3 is 10.6 Å². The van der Waals surface area contributed by atoms with Crippen LogP contribution >= 0.6 is 11.8 Å². The summed E-state index contributed by atoms with van der Waals surface area (Å²) in [4.78, 5) is 3.88. The summed E-state index contributed by atoms with van der Waals surface area (Å²) in [6.07, 6.45) is 0. The van der Waals surface area contributed by atoms with Crippen molar-refractivity contribution < 1.29 is 0 Å². The first-order valence-corrected chi connectivity index (χ1v) is 7.75. The number of thioether (sulfide) groups is 1. The van der Waals surface area contributed by atoms with Crippen LogP contribution in [0, 0.1) is 0 Å². The second-order valence-electron chi connectivity index (χ2n) is 4.50. The lowest BCUT2D eigenvalue weighted by Gasteiger charge is -2.27. The molecule has 2 N–H and O–H groups in total. The molecule has 0 aromatic heterocycles. The highest BCUT2D eigenvalue weighted by Crippen LogP contribution is 2.15. The molecule has 0 unspecified atom stereocenters. The molecule has 0 saturated carbocycles. The first-order valence-electron chi connectivity index (χ1n) is 6.77. The second-order valence-corrected chi connectivity index (χ2v) is 5.67. The van der Waals surface area contributed by atoms with Gasteiger partial charge in [-0.3, -0.25) is 4.90 Å². The third-order valence-corrected chi connectivity index (χ3v) is 4.12. The van der Waals surface area contributed by atoms with Crippen LogP contribution in [-0.2, 0) is 0 Å². The fraction of sp³-hybridized carbons (Fsp3) is 0.571. The molecule has 1 aromatic carbocycles. The Balaban J connectivity index is 1.46. The summed E-state index contributed by atoms with van der Waals surface area (Å²) in [5, 5.41) is 6.90. The number of piperazine rings is 1. The van der Waals surface area contributed by atoms with E-state index in [4.69, 9.17) is 0 Å². The zero-order valence-corrected chi connectivity index (χ0v) is 11.7. The minimum atomic E-state index is 1.09. The third kappa shape index (κ3) is 5.40. The molecule has 0 radical (unpaired) electrons. The Hall–Kier alpha value is -0.550. The van der Waals surface area contributed by atoms with Gasteiger partial charge >= 0.3 is 0 Å². The molecule has 0 aliphatic carbocycles. The normalized spacial score (nSPS) is 16.9. The number of nitrogens with zero attached hydrogens (tertiary/aromatic N) is 1. The van der Waals surface area contributed by atoms with E-state index >= 15 is 0 Å². The lowest BCUT2D eigenvalue weighted by Crippen LogP contribution is -2.45. The van der Waals surface area contributed by atoms with E-state index in [9.17, 15) is 0 Å². The van der Waals surface area contributed by atoms with Crippen LogP contribution in [0.3, 0.4) is 0 Å². The van der Waals surface area contributed by atoms with Crippen molar-refractivity contribution in [2.45, 2.75) is 4.90 Å². The highest BCUT2D eigenvalue weighted by molar-refractivity contribution is 7.99. The maximum atomic E-state index is 3.52. The average molecular weight is 265 g/mol. The van der Waals surface area contributed by atoms with Crippen molar-refractivity contribution >= 4 is 11.8 Å². The lowest BCUT2D eigenvalue weighted by molar-refractivity contribution is 0.242. The van der Waals surface area contributed by atoms with Gasteiger partial charge in [0.1, 0.15) is 0 Å². The number of rotatable bonds is 7. The Morgan fingerprint density at radius 2 is 1.89 bits per heavy atom. The van der Waals surface area contributed by atoms with Crippen molar-refractivity contribution in [1.29, 1.82) is 0 Å². The van der Waals surface area contributed by atoms with Crippen LogP contribution in [-0.4, -0.2) is 56.5 Å². The summed E-state index contributed by atoms with van der Waals surface area (Å²) in [7, 11) is 0. The van der Waals surface area contributed by atoms with E-state index in [1.54, 1.807) is 0 Å². The van der Waals surface area contributed by atoms with Gasteiger partial charge in [-0.2, -0.15) is 0 Å². The minimum Gasteiger partial charge on any atom is -0.315 e. The maximum Gasteiger partial charge on any atom is 0.0108 e. The second kappa shape index (κ2) is 8.53. The van der Waals surface area contributed by atoms with Gasteiger partial charge in [0.25, 0.3) is 0 Å². The van der Waals surface area contributed by atoms with E-state index in [1.807, 2.05) is 11.8 Å². The molecule has 1 aliphatic heterocycles. The minimum absolute atomic E-state index is 1.09. The van der Waals surface area contributed by atoms with E-state index in [0.717, 1.165) is 31.9 Å². The fourth-order valence-electron chi connectivity index (χ4n) is 2.05.